The molecule has 0 unspecified atom stereocenters. The van der Waals surface area contributed by atoms with Gasteiger partial charge in [0.15, 0.2) is 13.2 Å². The van der Waals surface area contributed by atoms with Crippen molar-refractivity contribution in [1.29, 1.82) is 0 Å². The minimum atomic E-state index is 1.02. The minimum Gasteiger partial charge on any atom is -0.0934 e. The van der Waals surface area contributed by atoms with Crippen LogP contribution in [0.15, 0.2) is 65.9 Å². The molecule has 2 nitrogen and oxygen atoms in total. The summed E-state index contributed by atoms with van der Waals surface area (Å²) in [5.74, 6) is 0. The number of benzene rings is 3. The Morgan fingerprint density at radius 2 is 1.40 bits per heavy atom. The van der Waals surface area contributed by atoms with Gasteiger partial charge in [-0.2, -0.15) is 0 Å². The van der Waals surface area contributed by atoms with Crippen molar-refractivity contribution in [3.63, 3.8) is 0 Å². The smallest absolute Gasteiger partial charge is 0.0934 e. The van der Waals surface area contributed by atoms with Crippen LogP contribution in [0.2, 0.25) is 0 Å². The number of hydrogen-bond acceptors (Lipinski definition) is 1. The lowest BCUT2D eigenvalue weighted by molar-refractivity contribution is -0.491. The maximum atomic E-state index is 5.01. The Labute approximate surface area is 245 Å². The molecule has 214 valence electrons. The van der Waals surface area contributed by atoms with Crippen molar-refractivity contribution >= 4 is 11.8 Å². The second-order valence-electron chi connectivity index (χ2n) is 11.3. The summed E-state index contributed by atoms with van der Waals surface area (Å²) in [5.41, 5.74) is 12.4. The normalized spacial score (nSPS) is 12.0. The summed E-state index contributed by atoms with van der Waals surface area (Å²) in [5, 5.41) is 5.01. The number of unbranched alkanes of at least 4 members (excludes halogenated alkanes) is 5. The second-order valence-corrected chi connectivity index (χ2v) is 11.3. The van der Waals surface area contributed by atoms with Gasteiger partial charge in [-0.25, -0.2) is 0 Å². The van der Waals surface area contributed by atoms with E-state index < -0.39 is 0 Å². The molecule has 0 aliphatic heterocycles. The monoisotopic (exact) mass is 537 g/mol. The molecule has 0 aliphatic carbocycles. The molecule has 0 bridgehead atoms. The largest absolute Gasteiger partial charge is 0.196 e. The van der Waals surface area contributed by atoms with Crippen molar-refractivity contribution < 1.29 is 4.70 Å². The van der Waals surface area contributed by atoms with Gasteiger partial charge in [0.05, 0.1) is 0 Å². The van der Waals surface area contributed by atoms with E-state index in [1.165, 1.54) is 97.6 Å². The highest BCUT2D eigenvalue weighted by Gasteiger charge is 2.13. The Kier molecular flexibility index (Phi) is 13.4. The fourth-order valence-electron chi connectivity index (χ4n) is 5.72. The Bertz CT molecular complexity index is 1250. The molecular formula is C38H53N2+. The Hall–Kier alpha value is -3.00. The lowest BCUT2D eigenvalue weighted by atomic mass is 9.90. The summed E-state index contributed by atoms with van der Waals surface area (Å²) in [6.07, 6.45) is 19.0. The van der Waals surface area contributed by atoms with Crippen molar-refractivity contribution in [3.05, 3.63) is 94.2 Å². The maximum Gasteiger partial charge on any atom is 0.196 e. The summed E-state index contributed by atoms with van der Waals surface area (Å²) in [7, 11) is 2.05. The highest BCUT2D eigenvalue weighted by molar-refractivity contribution is 5.72. The van der Waals surface area contributed by atoms with E-state index in [0.717, 1.165) is 18.5 Å². The van der Waals surface area contributed by atoms with E-state index in [1.54, 1.807) is 11.1 Å². The van der Waals surface area contributed by atoms with Crippen LogP contribution in [0.1, 0.15) is 112 Å². The first-order chi connectivity index (χ1) is 19.5. The Balaban J connectivity index is 1.91. The molecular weight excluding hydrogens is 484 g/mol. The molecule has 0 radical (unpaired) electrons. The van der Waals surface area contributed by atoms with Crippen LogP contribution < -0.4 is 0 Å². The van der Waals surface area contributed by atoms with Gasteiger partial charge < -0.3 is 0 Å². The highest BCUT2D eigenvalue weighted by Crippen LogP contribution is 2.33. The number of azo groups is 2. The number of hydrogen-bond donors (Lipinski definition) is 0. The predicted molar refractivity (Wildman–Crippen MR) is 175 cm³/mol. The zero-order valence-electron chi connectivity index (χ0n) is 26.2. The van der Waals surface area contributed by atoms with E-state index in [1.807, 2.05) is 11.7 Å². The molecule has 0 aromatic heterocycles. The van der Waals surface area contributed by atoms with Crippen LogP contribution in [0.25, 0.3) is 17.2 Å². The molecule has 2 heteroatoms. The lowest BCUT2D eigenvalue weighted by Gasteiger charge is -2.15. The zero-order valence-corrected chi connectivity index (χ0v) is 26.2. The second kappa shape index (κ2) is 17.0. The third-order valence-corrected chi connectivity index (χ3v) is 8.00. The van der Waals surface area contributed by atoms with Crippen LogP contribution in [0, 0.1) is 6.92 Å². The standard InChI is InChI=1S/C38H53N2/c1-7-11-14-16-21-34-27-31(26-30(5)36(34)22-12-8-2)24-25-40(6)39-35-28-32(10-4)37(23-13-9-3)38(29-35)33-19-17-15-18-20-33/h15,17-20,24-29H,7-14,16,21-23H2,1-6H3/q+1. The summed E-state index contributed by atoms with van der Waals surface area (Å²) in [6.45, 7) is 11.4. The molecule has 3 aromatic carbocycles. The molecule has 0 heterocycles. The van der Waals surface area contributed by atoms with Crippen molar-refractivity contribution in [2.24, 2.45) is 5.11 Å². The van der Waals surface area contributed by atoms with Crippen LogP contribution >= 0.6 is 0 Å². The van der Waals surface area contributed by atoms with Crippen LogP contribution in [-0.2, 0) is 25.7 Å². The van der Waals surface area contributed by atoms with E-state index in [0.29, 0.717) is 0 Å². The van der Waals surface area contributed by atoms with Crippen LogP contribution in [0.5, 0.6) is 0 Å². The third kappa shape index (κ3) is 9.29. The summed E-state index contributed by atoms with van der Waals surface area (Å²) in [4.78, 5) is 0. The average Bonchev–Trinajstić information content (AvgIpc) is 2.97. The topological polar surface area (TPSA) is 15.4 Å². The Morgan fingerprint density at radius 3 is 2.08 bits per heavy atom. The summed E-state index contributed by atoms with van der Waals surface area (Å²) < 4.78 is 1.97. The minimum absolute atomic E-state index is 1.02. The first kappa shape index (κ1) is 31.5. The SMILES string of the molecule is CCCCCCc1cc(C=C[N+](C)=Nc2cc(CC)c(CCCC)c(-c3ccccc3)c2)cc(C)c1CCCC. The molecule has 0 atom stereocenters. The van der Waals surface area contributed by atoms with Crippen LogP contribution in [0.4, 0.5) is 5.69 Å². The molecule has 3 aromatic rings. The number of aryl methyl sites for hydroxylation is 3. The van der Waals surface area contributed by atoms with Gasteiger partial charge >= 0.3 is 0 Å². The van der Waals surface area contributed by atoms with Gasteiger partial charge in [0.25, 0.3) is 0 Å². The van der Waals surface area contributed by atoms with Crippen molar-refractivity contribution in [2.75, 3.05) is 7.05 Å². The molecule has 0 saturated heterocycles. The van der Waals surface area contributed by atoms with Crippen molar-refractivity contribution in [3.8, 4) is 11.1 Å². The van der Waals surface area contributed by atoms with E-state index in [4.69, 9.17) is 5.11 Å². The number of nitrogens with zero attached hydrogens (tertiary/aromatic N) is 2. The third-order valence-electron chi connectivity index (χ3n) is 8.00. The van der Waals surface area contributed by atoms with Gasteiger partial charge in [0, 0.05) is 6.08 Å². The highest BCUT2D eigenvalue weighted by atomic mass is 15.2. The molecule has 40 heavy (non-hydrogen) atoms. The van der Waals surface area contributed by atoms with Gasteiger partial charge in [0.1, 0.15) is 5.69 Å². The molecule has 0 N–H and O–H groups in total. The van der Waals surface area contributed by atoms with Gasteiger partial charge in [0.2, 0.25) is 0 Å². The number of rotatable bonds is 16. The maximum absolute atomic E-state index is 5.01. The van der Waals surface area contributed by atoms with Gasteiger partial charge in [-0.3, -0.25) is 0 Å². The van der Waals surface area contributed by atoms with Crippen LogP contribution in [0.3, 0.4) is 0 Å². The quantitative estimate of drug-likeness (QED) is 0.0980. The summed E-state index contributed by atoms with van der Waals surface area (Å²) in [6, 6.07) is 20.2. The van der Waals surface area contributed by atoms with Gasteiger partial charge in [-0.05, 0) is 114 Å². The predicted octanol–water partition coefficient (Wildman–Crippen LogP) is 11.4. The first-order valence-corrected chi connectivity index (χ1v) is 16.0. The summed E-state index contributed by atoms with van der Waals surface area (Å²) >= 11 is 0. The van der Waals surface area contributed by atoms with E-state index >= 15 is 0 Å². The first-order valence-electron chi connectivity index (χ1n) is 16.0. The molecule has 0 aliphatic rings. The Morgan fingerprint density at radius 1 is 0.700 bits per heavy atom. The average molecular weight is 538 g/mol. The van der Waals surface area contributed by atoms with Gasteiger partial charge in [-0.15, -0.1) is 0 Å². The van der Waals surface area contributed by atoms with Gasteiger partial charge in [-0.1, -0.05) is 107 Å². The van der Waals surface area contributed by atoms with E-state index in [9.17, 15) is 0 Å². The molecule has 0 spiro atoms. The van der Waals surface area contributed by atoms with Crippen LogP contribution in [-0.4, -0.2) is 11.7 Å². The zero-order chi connectivity index (χ0) is 28.7. The molecule has 0 saturated carbocycles. The molecule has 0 fully saturated rings. The van der Waals surface area contributed by atoms with Crippen molar-refractivity contribution in [1.82, 2.24) is 0 Å². The van der Waals surface area contributed by atoms with Crippen molar-refractivity contribution in [2.45, 2.75) is 112 Å². The van der Waals surface area contributed by atoms with E-state index in [-0.39, 0.29) is 0 Å². The molecule has 0 amide bonds. The fourth-order valence-corrected chi connectivity index (χ4v) is 5.72. The van der Waals surface area contributed by atoms with E-state index in [2.05, 4.69) is 101 Å². The molecule has 3 rings (SSSR count). The lowest BCUT2D eigenvalue weighted by Crippen LogP contribution is -2.00. The fraction of sp³-hybridized carbons (Fsp3) is 0.474.